The zero-order chi connectivity index (χ0) is 8.48. The molecule has 0 radical (unpaired) electrons. The van der Waals surface area contributed by atoms with Crippen LogP contribution in [-0.4, -0.2) is 19.3 Å². The van der Waals surface area contributed by atoms with Crippen molar-refractivity contribution in [1.82, 2.24) is 0 Å². The Morgan fingerprint density at radius 1 is 1.18 bits per heavy atom. The van der Waals surface area contributed by atoms with Crippen molar-refractivity contribution in [2.45, 2.75) is 57.0 Å². The molecule has 1 saturated carbocycles. The standard InChI is InChI=1S/C9H20OSi/c1-11(2,3)9-6-4-5-8(10)7-9/h8-10H,4-7H2,1-3H3/t8-,9-/m0/s1. The van der Waals surface area contributed by atoms with Crippen LogP contribution in [0, 0.1) is 0 Å². The molecule has 66 valence electrons. The quantitative estimate of drug-likeness (QED) is 0.603. The first-order valence-corrected chi connectivity index (χ1v) is 8.26. The normalized spacial score (nSPS) is 33.8. The maximum Gasteiger partial charge on any atom is 0.0540 e. The lowest BCUT2D eigenvalue weighted by Crippen LogP contribution is -2.33. The highest BCUT2D eigenvalue weighted by Gasteiger charge is 2.30. The van der Waals surface area contributed by atoms with E-state index in [1.165, 1.54) is 12.8 Å². The first-order chi connectivity index (χ1) is 5.00. The van der Waals surface area contributed by atoms with E-state index in [1.54, 1.807) is 0 Å². The van der Waals surface area contributed by atoms with E-state index in [0.29, 0.717) is 0 Å². The molecule has 0 spiro atoms. The zero-order valence-corrected chi connectivity index (χ0v) is 8.93. The highest BCUT2D eigenvalue weighted by atomic mass is 28.3. The largest absolute Gasteiger partial charge is 0.393 e. The van der Waals surface area contributed by atoms with Gasteiger partial charge in [-0.25, -0.2) is 0 Å². The third kappa shape index (κ3) is 2.60. The second-order valence-electron chi connectivity index (χ2n) is 4.88. The van der Waals surface area contributed by atoms with E-state index in [2.05, 4.69) is 19.6 Å². The van der Waals surface area contributed by atoms with Gasteiger partial charge >= 0.3 is 0 Å². The van der Waals surface area contributed by atoms with Crippen molar-refractivity contribution in [2.24, 2.45) is 0 Å². The van der Waals surface area contributed by atoms with Crippen LogP contribution < -0.4 is 0 Å². The van der Waals surface area contributed by atoms with Crippen molar-refractivity contribution >= 4 is 8.07 Å². The Hall–Kier alpha value is 0.177. The maximum atomic E-state index is 9.47. The minimum Gasteiger partial charge on any atom is -0.393 e. The van der Waals surface area contributed by atoms with E-state index in [9.17, 15) is 5.11 Å². The molecule has 0 unspecified atom stereocenters. The first-order valence-electron chi connectivity index (χ1n) is 4.68. The lowest BCUT2D eigenvalue weighted by Gasteiger charge is -2.34. The van der Waals surface area contributed by atoms with Crippen molar-refractivity contribution in [3.8, 4) is 0 Å². The Kier molecular flexibility index (Phi) is 2.76. The second-order valence-corrected chi connectivity index (χ2v) is 10.4. The highest BCUT2D eigenvalue weighted by molar-refractivity contribution is 6.77. The molecular formula is C9H20OSi. The predicted octanol–water partition coefficient (Wildman–Crippen LogP) is 2.63. The molecule has 2 heteroatoms. The van der Waals surface area contributed by atoms with E-state index in [0.717, 1.165) is 18.4 Å². The van der Waals surface area contributed by atoms with Crippen molar-refractivity contribution in [3.63, 3.8) is 0 Å². The second kappa shape index (κ2) is 3.28. The molecule has 0 saturated heterocycles. The molecule has 0 aromatic carbocycles. The van der Waals surface area contributed by atoms with E-state index in [4.69, 9.17) is 0 Å². The van der Waals surface area contributed by atoms with Crippen LogP contribution in [0.5, 0.6) is 0 Å². The summed E-state index contributed by atoms with van der Waals surface area (Å²) < 4.78 is 0. The van der Waals surface area contributed by atoms with Crippen LogP contribution >= 0.6 is 0 Å². The van der Waals surface area contributed by atoms with E-state index in [1.807, 2.05) is 0 Å². The Balaban J connectivity index is 2.46. The van der Waals surface area contributed by atoms with Gasteiger partial charge in [0.1, 0.15) is 0 Å². The van der Waals surface area contributed by atoms with Crippen molar-refractivity contribution in [1.29, 1.82) is 0 Å². The number of rotatable bonds is 1. The minimum absolute atomic E-state index is 0.0143. The summed E-state index contributed by atoms with van der Waals surface area (Å²) in [6, 6.07) is 0. The van der Waals surface area contributed by atoms with Crippen molar-refractivity contribution in [2.75, 3.05) is 0 Å². The summed E-state index contributed by atoms with van der Waals surface area (Å²) in [7, 11) is -0.958. The van der Waals surface area contributed by atoms with Crippen LogP contribution in [0.25, 0.3) is 0 Å². The molecule has 0 aromatic rings. The van der Waals surface area contributed by atoms with Gasteiger partial charge in [0.2, 0.25) is 0 Å². The van der Waals surface area contributed by atoms with E-state index in [-0.39, 0.29) is 6.10 Å². The molecular weight excluding hydrogens is 152 g/mol. The Morgan fingerprint density at radius 3 is 2.18 bits per heavy atom. The average molecular weight is 172 g/mol. The Labute approximate surface area is 70.8 Å². The maximum absolute atomic E-state index is 9.47. The average Bonchev–Trinajstić information content (AvgIpc) is 1.86. The molecule has 1 aliphatic carbocycles. The third-order valence-electron chi connectivity index (χ3n) is 2.87. The van der Waals surface area contributed by atoms with Crippen molar-refractivity contribution < 1.29 is 5.11 Å². The summed E-state index contributed by atoms with van der Waals surface area (Å²) in [4.78, 5) is 0. The van der Waals surface area contributed by atoms with Crippen LogP contribution in [-0.2, 0) is 0 Å². The van der Waals surface area contributed by atoms with Gasteiger partial charge in [-0.3, -0.25) is 0 Å². The van der Waals surface area contributed by atoms with Crippen LogP contribution in [0.15, 0.2) is 0 Å². The molecule has 0 amide bonds. The van der Waals surface area contributed by atoms with E-state index < -0.39 is 8.07 Å². The molecule has 2 atom stereocenters. The van der Waals surface area contributed by atoms with Gasteiger partial charge < -0.3 is 5.11 Å². The zero-order valence-electron chi connectivity index (χ0n) is 7.93. The van der Waals surface area contributed by atoms with Crippen LogP contribution in [0.3, 0.4) is 0 Å². The molecule has 1 N–H and O–H groups in total. The Bertz CT molecular complexity index is 128. The molecule has 1 rings (SSSR count). The summed E-state index contributed by atoms with van der Waals surface area (Å²) in [5.41, 5.74) is 0.867. The summed E-state index contributed by atoms with van der Waals surface area (Å²) >= 11 is 0. The Morgan fingerprint density at radius 2 is 1.82 bits per heavy atom. The van der Waals surface area contributed by atoms with Gasteiger partial charge in [0, 0.05) is 8.07 Å². The molecule has 11 heavy (non-hydrogen) atoms. The summed E-state index contributed by atoms with van der Waals surface area (Å²) in [6.45, 7) is 7.24. The van der Waals surface area contributed by atoms with Gasteiger partial charge in [0.15, 0.2) is 0 Å². The van der Waals surface area contributed by atoms with Gasteiger partial charge in [-0.15, -0.1) is 0 Å². The topological polar surface area (TPSA) is 20.2 Å². The molecule has 1 fully saturated rings. The smallest absolute Gasteiger partial charge is 0.0540 e. The monoisotopic (exact) mass is 172 g/mol. The number of hydrogen-bond acceptors (Lipinski definition) is 1. The SMILES string of the molecule is C[Si](C)(C)[C@H]1CCC[C@H](O)C1. The highest BCUT2D eigenvalue weighted by Crippen LogP contribution is 2.36. The van der Waals surface area contributed by atoms with Crippen LogP contribution in [0.2, 0.25) is 25.2 Å². The minimum atomic E-state index is -0.958. The molecule has 0 aliphatic heterocycles. The van der Waals surface area contributed by atoms with Gasteiger partial charge in [0.05, 0.1) is 6.10 Å². The predicted molar refractivity (Wildman–Crippen MR) is 51.6 cm³/mol. The fourth-order valence-electron chi connectivity index (χ4n) is 1.95. The lowest BCUT2D eigenvalue weighted by molar-refractivity contribution is 0.129. The molecule has 1 aliphatic rings. The fraction of sp³-hybridized carbons (Fsp3) is 1.00. The summed E-state index contributed by atoms with van der Waals surface area (Å²) in [6.07, 6.45) is 4.75. The molecule has 0 bridgehead atoms. The van der Waals surface area contributed by atoms with Gasteiger partial charge in [-0.1, -0.05) is 32.5 Å². The van der Waals surface area contributed by atoms with Gasteiger partial charge in [-0.05, 0) is 18.4 Å². The van der Waals surface area contributed by atoms with Crippen LogP contribution in [0.4, 0.5) is 0 Å². The van der Waals surface area contributed by atoms with E-state index >= 15 is 0 Å². The van der Waals surface area contributed by atoms with Crippen LogP contribution in [0.1, 0.15) is 25.7 Å². The molecule has 0 aromatic heterocycles. The number of hydrogen-bond donors (Lipinski definition) is 1. The van der Waals surface area contributed by atoms with Gasteiger partial charge in [-0.2, -0.15) is 0 Å². The van der Waals surface area contributed by atoms with Gasteiger partial charge in [0.25, 0.3) is 0 Å². The third-order valence-corrected chi connectivity index (χ3v) is 5.85. The summed E-state index contributed by atoms with van der Waals surface area (Å²) in [5.74, 6) is 0. The fourth-order valence-corrected chi connectivity index (χ4v) is 4.00. The lowest BCUT2D eigenvalue weighted by atomic mass is 9.97. The summed E-state index contributed by atoms with van der Waals surface area (Å²) in [5, 5.41) is 9.47. The molecule has 0 heterocycles. The number of aliphatic hydroxyl groups excluding tert-OH is 1. The number of aliphatic hydroxyl groups is 1. The molecule has 1 nitrogen and oxygen atoms in total. The first kappa shape index (κ1) is 9.27. The van der Waals surface area contributed by atoms with Crippen molar-refractivity contribution in [3.05, 3.63) is 0 Å².